The van der Waals surface area contributed by atoms with Gasteiger partial charge in [0.05, 0.1) is 29.0 Å². The van der Waals surface area contributed by atoms with Crippen LogP contribution in [0.1, 0.15) is 78.4 Å². The van der Waals surface area contributed by atoms with Crippen LogP contribution in [0, 0.1) is 5.41 Å². The van der Waals surface area contributed by atoms with Crippen LogP contribution in [0.15, 0.2) is 57.9 Å². The standard InChI is InChI=1S/C40H48BrN9O4/c1-46-23-27(20-28(24-46)43-32-22-42-48(3)39(54)35(32)41)25-4-6-26(7-5-25)38(53)50-18-14-40(15-19-50)12-16-49(17-13-40)29-8-9-30-33(21-29)47(2)45-36(30)31-10-11-34(51)44-37(31)52/h4-9,21-22,27-28,31,43H,10-20,23-24H2,1-3H3,(H,44,51,52)/t27-,28+,31?/m1/s1. The van der Waals surface area contributed by atoms with Crippen LogP contribution in [0.3, 0.4) is 0 Å². The molecule has 284 valence electrons. The van der Waals surface area contributed by atoms with Crippen molar-refractivity contribution in [2.24, 2.45) is 19.5 Å². The van der Waals surface area contributed by atoms with Gasteiger partial charge in [0.25, 0.3) is 11.5 Å². The monoisotopic (exact) mass is 797 g/mol. The number of halogens is 1. The van der Waals surface area contributed by atoms with Gasteiger partial charge in [0.15, 0.2) is 0 Å². The average Bonchev–Trinajstić information content (AvgIpc) is 3.50. The van der Waals surface area contributed by atoms with Crippen LogP contribution in [0.5, 0.6) is 0 Å². The molecule has 0 bridgehead atoms. The molecule has 6 heterocycles. The first-order valence-corrected chi connectivity index (χ1v) is 19.9. The van der Waals surface area contributed by atoms with E-state index in [2.05, 4.69) is 78.8 Å². The zero-order chi connectivity index (χ0) is 37.7. The molecule has 14 heteroatoms. The molecule has 4 fully saturated rings. The number of aromatic nitrogens is 4. The Morgan fingerprint density at radius 3 is 2.37 bits per heavy atom. The summed E-state index contributed by atoms with van der Waals surface area (Å²) in [6.45, 7) is 5.26. The van der Waals surface area contributed by atoms with Crippen LogP contribution in [0.2, 0.25) is 0 Å². The van der Waals surface area contributed by atoms with Gasteiger partial charge >= 0.3 is 0 Å². The van der Waals surface area contributed by atoms with Crippen molar-refractivity contribution in [2.75, 3.05) is 56.5 Å². The number of imide groups is 1. The van der Waals surface area contributed by atoms with Gasteiger partial charge in [0.2, 0.25) is 11.8 Å². The third-order valence-corrected chi connectivity index (χ3v) is 13.2. The third kappa shape index (κ3) is 7.05. The normalized spacial score (nSPS) is 23.5. The largest absolute Gasteiger partial charge is 0.379 e. The maximum absolute atomic E-state index is 13.7. The first-order chi connectivity index (χ1) is 26.0. The predicted octanol–water partition coefficient (Wildman–Crippen LogP) is 4.37. The fraction of sp³-hybridized carbons (Fsp3) is 0.500. The quantitative estimate of drug-likeness (QED) is 0.273. The first-order valence-electron chi connectivity index (χ1n) is 19.1. The number of likely N-dealkylation sites (tertiary alicyclic amines) is 2. The van der Waals surface area contributed by atoms with Gasteiger partial charge in [-0.2, -0.15) is 10.2 Å². The van der Waals surface area contributed by atoms with Gasteiger partial charge in [-0.3, -0.25) is 29.2 Å². The molecule has 2 N–H and O–H groups in total. The predicted molar refractivity (Wildman–Crippen MR) is 211 cm³/mol. The van der Waals surface area contributed by atoms with Gasteiger partial charge in [-0.1, -0.05) is 12.1 Å². The molecule has 3 atom stereocenters. The zero-order valence-corrected chi connectivity index (χ0v) is 32.8. The number of anilines is 2. The SMILES string of the molecule is CN1C[C@@H](Nc2cnn(C)c(=O)c2Br)C[C@@H](c2ccc(C(=O)N3CCC4(CC3)CCN(c3ccc5c(C6CCC(=O)NC6=O)nn(C)c5c3)CC4)cc2)C1. The Hall–Kier alpha value is -4.56. The number of likely N-dealkylation sites (N-methyl/N-ethyl adjacent to an activating group) is 1. The van der Waals surface area contributed by atoms with E-state index < -0.39 is 5.92 Å². The molecule has 0 radical (unpaired) electrons. The van der Waals surface area contributed by atoms with Gasteiger partial charge in [0, 0.05) is 82.5 Å². The molecule has 54 heavy (non-hydrogen) atoms. The van der Waals surface area contributed by atoms with Gasteiger partial charge < -0.3 is 20.0 Å². The Labute approximate surface area is 323 Å². The second-order valence-electron chi connectivity index (χ2n) is 15.9. The lowest BCUT2D eigenvalue weighted by Crippen LogP contribution is -2.48. The minimum atomic E-state index is -0.411. The third-order valence-electron chi connectivity index (χ3n) is 12.4. The van der Waals surface area contributed by atoms with E-state index in [0.717, 1.165) is 99.2 Å². The minimum Gasteiger partial charge on any atom is -0.379 e. The summed E-state index contributed by atoms with van der Waals surface area (Å²) in [5.41, 5.74) is 5.63. The maximum atomic E-state index is 13.7. The highest BCUT2D eigenvalue weighted by atomic mass is 79.9. The van der Waals surface area contributed by atoms with Crippen molar-refractivity contribution in [2.45, 2.75) is 62.8 Å². The number of benzene rings is 2. The van der Waals surface area contributed by atoms with Crippen LogP contribution >= 0.6 is 15.9 Å². The molecule has 2 aromatic carbocycles. The van der Waals surface area contributed by atoms with Crippen molar-refractivity contribution in [3.63, 3.8) is 0 Å². The first kappa shape index (κ1) is 36.4. The van der Waals surface area contributed by atoms with Crippen LogP contribution < -0.4 is 21.1 Å². The number of nitrogens with one attached hydrogen (secondary N) is 2. The molecular formula is C40H48BrN9O4. The Morgan fingerprint density at radius 1 is 0.926 bits per heavy atom. The highest BCUT2D eigenvalue weighted by molar-refractivity contribution is 9.10. The number of hydrogen-bond acceptors (Lipinski definition) is 9. The molecule has 8 rings (SSSR count). The lowest BCUT2D eigenvalue weighted by atomic mass is 9.71. The number of hydrogen-bond donors (Lipinski definition) is 2. The zero-order valence-electron chi connectivity index (χ0n) is 31.2. The molecule has 13 nitrogen and oxygen atoms in total. The molecule has 1 unspecified atom stereocenters. The summed E-state index contributed by atoms with van der Waals surface area (Å²) in [6, 6.07) is 14.8. The van der Waals surface area contributed by atoms with Crippen molar-refractivity contribution < 1.29 is 14.4 Å². The summed E-state index contributed by atoms with van der Waals surface area (Å²) in [5, 5.41) is 15.8. The van der Waals surface area contributed by atoms with Gasteiger partial charge in [0.1, 0.15) is 4.47 Å². The summed E-state index contributed by atoms with van der Waals surface area (Å²) < 4.78 is 3.66. The van der Waals surface area contributed by atoms with Gasteiger partial charge in [-0.15, -0.1) is 0 Å². The van der Waals surface area contributed by atoms with E-state index in [9.17, 15) is 19.2 Å². The van der Waals surface area contributed by atoms with E-state index in [4.69, 9.17) is 5.10 Å². The summed E-state index contributed by atoms with van der Waals surface area (Å²) in [7, 11) is 5.67. The van der Waals surface area contributed by atoms with E-state index in [1.165, 1.54) is 10.2 Å². The van der Waals surface area contributed by atoms with Gasteiger partial charge in [-0.25, -0.2) is 4.68 Å². The number of amides is 3. The van der Waals surface area contributed by atoms with Gasteiger partial charge in [-0.05, 0) is 109 Å². The fourth-order valence-electron chi connectivity index (χ4n) is 9.18. The smallest absolute Gasteiger partial charge is 0.282 e. The Kier molecular flexibility index (Phi) is 9.84. The number of carbonyl (C=O) groups is 3. The molecule has 4 saturated heterocycles. The number of piperidine rings is 4. The number of aryl methyl sites for hydroxylation is 2. The molecule has 0 aliphatic carbocycles. The lowest BCUT2D eigenvalue weighted by molar-refractivity contribution is -0.134. The van der Waals surface area contributed by atoms with Crippen LogP contribution in [-0.2, 0) is 23.7 Å². The summed E-state index contributed by atoms with van der Waals surface area (Å²) in [6.07, 6.45) is 7.63. The second-order valence-corrected chi connectivity index (χ2v) is 16.7. The lowest BCUT2D eigenvalue weighted by Gasteiger charge is -2.47. The molecule has 4 aliphatic heterocycles. The summed E-state index contributed by atoms with van der Waals surface area (Å²) in [5.74, 6) is -0.486. The molecule has 0 saturated carbocycles. The number of fused-ring (bicyclic) bond motifs is 1. The fourth-order valence-corrected chi connectivity index (χ4v) is 9.66. The van der Waals surface area contributed by atoms with Crippen molar-refractivity contribution in [3.05, 3.63) is 80.3 Å². The number of nitrogens with zero attached hydrogens (tertiary/aromatic N) is 7. The molecule has 4 aliphatic rings. The molecule has 3 amide bonds. The van der Waals surface area contributed by atoms with Crippen molar-refractivity contribution >= 4 is 55.9 Å². The molecule has 4 aromatic rings. The molecular weight excluding hydrogens is 750 g/mol. The summed E-state index contributed by atoms with van der Waals surface area (Å²) in [4.78, 5) is 57.1. The average molecular weight is 799 g/mol. The van der Waals surface area contributed by atoms with E-state index >= 15 is 0 Å². The van der Waals surface area contributed by atoms with Crippen molar-refractivity contribution in [1.82, 2.24) is 34.7 Å². The Morgan fingerprint density at radius 2 is 1.65 bits per heavy atom. The van der Waals surface area contributed by atoms with E-state index in [0.29, 0.717) is 28.9 Å². The van der Waals surface area contributed by atoms with E-state index in [1.807, 2.05) is 28.8 Å². The maximum Gasteiger partial charge on any atom is 0.282 e. The van der Waals surface area contributed by atoms with Crippen molar-refractivity contribution in [3.8, 4) is 0 Å². The highest BCUT2D eigenvalue weighted by Crippen LogP contribution is 2.43. The second kappa shape index (κ2) is 14.6. The number of carbonyl (C=O) groups excluding carboxylic acids is 3. The van der Waals surface area contributed by atoms with Crippen molar-refractivity contribution in [1.29, 1.82) is 0 Å². The Balaban J connectivity index is 0.851. The topological polar surface area (TPSA) is 138 Å². The minimum absolute atomic E-state index is 0.110. The highest BCUT2D eigenvalue weighted by Gasteiger charge is 2.39. The summed E-state index contributed by atoms with van der Waals surface area (Å²) >= 11 is 3.44. The van der Waals surface area contributed by atoms with Crippen LogP contribution in [0.25, 0.3) is 10.9 Å². The van der Waals surface area contributed by atoms with E-state index in [1.54, 1.807) is 13.2 Å². The van der Waals surface area contributed by atoms with E-state index in [-0.39, 0.29) is 34.7 Å². The Bertz CT molecular complexity index is 2150. The number of rotatable bonds is 6. The molecule has 1 spiro atoms. The van der Waals surface area contributed by atoms with Crippen LogP contribution in [0.4, 0.5) is 11.4 Å². The molecule has 2 aromatic heterocycles. The van der Waals surface area contributed by atoms with Crippen LogP contribution in [-0.4, -0.2) is 99.4 Å².